The highest BCUT2D eigenvalue weighted by molar-refractivity contribution is 5.92. The third-order valence-electron chi connectivity index (χ3n) is 4.59. The Bertz CT molecular complexity index is 887. The molecule has 0 radical (unpaired) electrons. The number of amides is 1. The second-order valence-electron chi connectivity index (χ2n) is 6.47. The van der Waals surface area contributed by atoms with Gasteiger partial charge in [-0.25, -0.2) is 0 Å². The Morgan fingerprint density at radius 3 is 3.04 bits per heavy atom. The van der Waals surface area contributed by atoms with E-state index in [9.17, 15) is 4.79 Å². The Labute approximate surface area is 140 Å². The highest BCUT2D eigenvalue weighted by Crippen LogP contribution is 2.23. The van der Waals surface area contributed by atoms with Crippen LogP contribution in [-0.2, 0) is 6.42 Å². The molecule has 1 unspecified atom stereocenters. The monoisotopic (exact) mass is 321 g/mol. The number of nitrogens with zero attached hydrogens (tertiary/aromatic N) is 3. The van der Waals surface area contributed by atoms with Crippen molar-refractivity contribution in [2.24, 2.45) is 5.92 Å². The number of pyridine rings is 1. The predicted molar refractivity (Wildman–Crippen MR) is 90.7 cm³/mol. The fourth-order valence-electron chi connectivity index (χ4n) is 3.37. The van der Waals surface area contributed by atoms with Crippen LogP contribution in [0.3, 0.4) is 0 Å². The van der Waals surface area contributed by atoms with Gasteiger partial charge in [-0.2, -0.15) is 0 Å². The summed E-state index contributed by atoms with van der Waals surface area (Å²) in [5.74, 6) is 1.09. The molecular weight excluding hydrogens is 302 g/mol. The Hall–Kier alpha value is -2.69. The van der Waals surface area contributed by atoms with E-state index in [1.807, 2.05) is 29.3 Å². The molecule has 0 N–H and O–H groups in total. The molecule has 1 fully saturated rings. The normalized spacial score (nSPS) is 17.5. The first-order valence-corrected chi connectivity index (χ1v) is 8.25. The molecule has 1 aromatic carbocycles. The highest BCUT2D eigenvalue weighted by Gasteiger charge is 2.28. The van der Waals surface area contributed by atoms with Gasteiger partial charge in [0.1, 0.15) is 5.76 Å². The van der Waals surface area contributed by atoms with Gasteiger partial charge in [0.2, 0.25) is 0 Å². The first-order valence-electron chi connectivity index (χ1n) is 8.25. The first-order chi connectivity index (χ1) is 11.7. The quantitative estimate of drug-likeness (QED) is 0.743. The largest absolute Gasteiger partial charge is 0.361 e. The van der Waals surface area contributed by atoms with E-state index in [4.69, 9.17) is 4.52 Å². The fraction of sp³-hybridized carbons (Fsp3) is 0.316. The second kappa shape index (κ2) is 6.07. The van der Waals surface area contributed by atoms with Crippen molar-refractivity contribution in [2.45, 2.75) is 19.8 Å². The van der Waals surface area contributed by atoms with Crippen LogP contribution in [-0.4, -0.2) is 34.0 Å². The zero-order valence-corrected chi connectivity index (χ0v) is 13.6. The van der Waals surface area contributed by atoms with Crippen LogP contribution in [0.25, 0.3) is 10.9 Å². The highest BCUT2D eigenvalue weighted by atomic mass is 16.5. The summed E-state index contributed by atoms with van der Waals surface area (Å²) in [6, 6.07) is 12.0. The molecule has 122 valence electrons. The van der Waals surface area contributed by atoms with Crippen LogP contribution in [0.4, 0.5) is 0 Å². The minimum atomic E-state index is -0.0361. The first kappa shape index (κ1) is 14.9. The lowest BCUT2D eigenvalue weighted by atomic mass is 9.99. The van der Waals surface area contributed by atoms with E-state index in [2.05, 4.69) is 22.3 Å². The maximum Gasteiger partial charge on any atom is 0.276 e. The number of aryl methyl sites for hydroxylation is 1. The van der Waals surface area contributed by atoms with Crippen LogP contribution in [0.2, 0.25) is 0 Å². The third kappa shape index (κ3) is 2.89. The lowest BCUT2D eigenvalue weighted by molar-refractivity contribution is 0.0776. The molecular formula is C19H19N3O2. The van der Waals surface area contributed by atoms with E-state index in [0.717, 1.165) is 31.4 Å². The molecule has 0 spiro atoms. The smallest absolute Gasteiger partial charge is 0.276 e. The number of likely N-dealkylation sites (tertiary alicyclic amines) is 1. The summed E-state index contributed by atoms with van der Waals surface area (Å²) >= 11 is 0. The zero-order valence-electron chi connectivity index (χ0n) is 13.6. The summed E-state index contributed by atoms with van der Waals surface area (Å²) < 4.78 is 5.00. The Kier molecular flexibility index (Phi) is 3.76. The summed E-state index contributed by atoms with van der Waals surface area (Å²) in [6.45, 7) is 3.33. The molecule has 5 nitrogen and oxygen atoms in total. The average Bonchev–Trinajstić information content (AvgIpc) is 3.23. The van der Waals surface area contributed by atoms with Crippen molar-refractivity contribution in [3.05, 3.63) is 59.6 Å². The number of hydrogen-bond acceptors (Lipinski definition) is 4. The van der Waals surface area contributed by atoms with E-state index < -0.39 is 0 Å². The number of rotatable bonds is 3. The molecule has 3 heterocycles. The van der Waals surface area contributed by atoms with Gasteiger partial charge >= 0.3 is 0 Å². The average molecular weight is 321 g/mol. The lowest BCUT2D eigenvalue weighted by Crippen LogP contribution is -2.29. The molecule has 1 saturated heterocycles. The Balaban J connectivity index is 1.43. The molecule has 5 heteroatoms. The topological polar surface area (TPSA) is 59.2 Å². The van der Waals surface area contributed by atoms with Gasteiger partial charge < -0.3 is 9.42 Å². The minimum absolute atomic E-state index is 0.0361. The number of hydrogen-bond donors (Lipinski definition) is 0. The summed E-state index contributed by atoms with van der Waals surface area (Å²) in [6.07, 6.45) is 3.91. The molecule has 0 bridgehead atoms. The van der Waals surface area contributed by atoms with Gasteiger partial charge in [-0.15, -0.1) is 0 Å². The SMILES string of the molecule is Cc1cc(C(=O)N2CCC(Cc3cnc4ccccc4c3)C2)no1. The molecule has 3 aromatic rings. The van der Waals surface area contributed by atoms with Crippen molar-refractivity contribution in [1.29, 1.82) is 0 Å². The zero-order chi connectivity index (χ0) is 16.5. The molecule has 1 atom stereocenters. The number of benzene rings is 1. The van der Waals surface area contributed by atoms with Crippen LogP contribution in [0.5, 0.6) is 0 Å². The number of fused-ring (bicyclic) bond motifs is 1. The van der Waals surface area contributed by atoms with E-state index in [-0.39, 0.29) is 5.91 Å². The molecule has 24 heavy (non-hydrogen) atoms. The van der Waals surface area contributed by atoms with Crippen molar-refractivity contribution in [1.82, 2.24) is 15.0 Å². The predicted octanol–water partition coefficient (Wildman–Crippen LogP) is 3.24. The molecule has 1 amide bonds. The maximum atomic E-state index is 12.4. The standard InChI is InChI=1S/C19H19N3O2/c1-13-8-18(21-24-13)19(23)22-7-6-14(12-22)9-15-10-16-4-2-3-5-17(16)20-11-15/h2-5,8,10-11,14H,6-7,9,12H2,1H3. The number of aromatic nitrogens is 2. The third-order valence-corrected chi connectivity index (χ3v) is 4.59. The molecule has 0 aliphatic carbocycles. The van der Waals surface area contributed by atoms with E-state index >= 15 is 0 Å². The van der Waals surface area contributed by atoms with Crippen molar-refractivity contribution in [2.75, 3.05) is 13.1 Å². The van der Waals surface area contributed by atoms with E-state index in [0.29, 0.717) is 17.4 Å². The molecule has 1 aliphatic rings. The van der Waals surface area contributed by atoms with Crippen LogP contribution in [0.1, 0.15) is 28.2 Å². The summed E-state index contributed by atoms with van der Waals surface area (Å²) in [4.78, 5) is 18.8. The van der Waals surface area contributed by atoms with Crippen molar-refractivity contribution < 1.29 is 9.32 Å². The van der Waals surface area contributed by atoms with E-state index in [1.54, 1.807) is 13.0 Å². The number of carbonyl (C=O) groups is 1. The van der Waals surface area contributed by atoms with Gasteiger partial charge in [0.05, 0.1) is 5.52 Å². The summed E-state index contributed by atoms with van der Waals surface area (Å²) in [5, 5.41) is 4.99. The second-order valence-corrected chi connectivity index (χ2v) is 6.47. The fourth-order valence-corrected chi connectivity index (χ4v) is 3.37. The summed E-state index contributed by atoms with van der Waals surface area (Å²) in [7, 11) is 0. The lowest BCUT2D eigenvalue weighted by Gasteiger charge is -2.15. The van der Waals surface area contributed by atoms with Crippen LogP contribution >= 0.6 is 0 Å². The van der Waals surface area contributed by atoms with Gasteiger partial charge in [0.25, 0.3) is 5.91 Å². The molecule has 4 rings (SSSR count). The van der Waals surface area contributed by atoms with Gasteiger partial charge in [0, 0.05) is 30.7 Å². The minimum Gasteiger partial charge on any atom is -0.361 e. The number of para-hydroxylation sites is 1. The Morgan fingerprint density at radius 2 is 2.21 bits per heavy atom. The van der Waals surface area contributed by atoms with Gasteiger partial charge in [0.15, 0.2) is 5.69 Å². The molecule has 0 saturated carbocycles. The van der Waals surface area contributed by atoms with Crippen LogP contribution < -0.4 is 0 Å². The van der Waals surface area contributed by atoms with Crippen molar-refractivity contribution in [3.63, 3.8) is 0 Å². The van der Waals surface area contributed by atoms with Gasteiger partial charge in [-0.3, -0.25) is 9.78 Å². The molecule has 1 aliphatic heterocycles. The Morgan fingerprint density at radius 1 is 1.33 bits per heavy atom. The maximum absolute atomic E-state index is 12.4. The number of carbonyl (C=O) groups excluding carboxylic acids is 1. The summed E-state index contributed by atoms with van der Waals surface area (Å²) in [5.41, 5.74) is 2.65. The van der Waals surface area contributed by atoms with Gasteiger partial charge in [-0.1, -0.05) is 23.4 Å². The van der Waals surface area contributed by atoms with E-state index in [1.165, 1.54) is 10.9 Å². The van der Waals surface area contributed by atoms with Crippen molar-refractivity contribution >= 4 is 16.8 Å². The van der Waals surface area contributed by atoms with Crippen LogP contribution in [0, 0.1) is 12.8 Å². The van der Waals surface area contributed by atoms with Crippen molar-refractivity contribution in [3.8, 4) is 0 Å². The molecule has 2 aromatic heterocycles. The van der Waals surface area contributed by atoms with Gasteiger partial charge in [-0.05, 0) is 43.4 Å². The van der Waals surface area contributed by atoms with Crippen LogP contribution in [0.15, 0.2) is 47.1 Å².